The van der Waals surface area contributed by atoms with E-state index < -0.39 is 6.10 Å². The molecule has 0 aliphatic carbocycles. The van der Waals surface area contributed by atoms with E-state index in [2.05, 4.69) is 5.10 Å². The third-order valence-electron chi connectivity index (χ3n) is 4.40. The van der Waals surface area contributed by atoms with Crippen LogP contribution in [0, 0.1) is 0 Å². The molecule has 1 fully saturated rings. The number of benzene rings is 1. The van der Waals surface area contributed by atoms with E-state index in [-0.39, 0.29) is 11.9 Å². The summed E-state index contributed by atoms with van der Waals surface area (Å²) in [6.07, 6.45) is 3.91. The summed E-state index contributed by atoms with van der Waals surface area (Å²) in [5, 5.41) is 14.0. The summed E-state index contributed by atoms with van der Waals surface area (Å²) in [7, 11) is 1.62. The van der Waals surface area contributed by atoms with Crippen molar-refractivity contribution in [3.8, 4) is 11.4 Å². The molecule has 1 aliphatic heterocycles. The Labute approximate surface area is 141 Å². The number of rotatable bonds is 5. The lowest BCUT2D eigenvalue weighted by atomic mass is 10.1. The molecule has 3 rings (SSSR count). The highest BCUT2D eigenvalue weighted by atomic mass is 16.5. The van der Waals surface area contributed by atoms with Crippen molar-refractivity contribution in [1.29, 1.82) is 0 Å². The largest absolute Gasteiger partial charge is 0.497 e. The third kappa shape index (κ3) is 3.43. The molecule has 6 nitrogen and oxygen atoms in total. The van der Waals surface area contributed by atoms with Gasteiger partial charge in [0.2, 0.25) is 0 Å². The minimum absolute atomic E-state index is 0.0644. The number of aliphatic hydroxyl groups is 1. The Balaban J connectivity index is 1.75. The number of aliphatic hydroxyl groups excluding tert-OH is 1. The Bertz CT molecular complexity index is 694. The second-order valence-electron chi connectivity index (χ2n) is 6.22. The smallest absolute Gasteiger partial charge is 0.274 e. The zero-order chi connectivity index (χ0) is 17.1. The van der Waals surface area contributed by atoms with Gasteiger partial charge in [0.15, 0.2) is 5.69 Å². The lowest BCUT2D eigenvalue weighted by Gasteiger charge is -2.24. The number of hydrogen-bond donors (Lipinski definition) is 1. The van der Waals surface area contributed by atoms with Crippen LogP contribution in [0.5, 0.6) is 5.75 Å². The Kier molecular flexibility index (Phi) is 4.85. The van der Waals surface area contributed by atoms with E-state index in [1.807, 2.05) is 29.2 Å². The number of methoxy groups -OCH3 is 1. The van der Waals surface area contributed by atoms with Crippen LogP contribution in [0.2, 0.25) is 0 Å². The van der Waals surface area contributed by atoms with Crippen LogP contribution in [0.4, 0.5) is 0 Å². The number of likely N-dealkylation sites (tertiary alicyclic amines) is 1. The van der Waals surface area contributed by atoms with Crippen molar-refractivity contribution in [2.75, 3.05) is 13.7 Å². The molecule has 1 N–H and O–H groups in total. The molecule has 2 atom stereocenters. The maximum atomic E-state index is 12.7. The Morgan fingerprint density at radius 2 is 2.12 bits per heavy atom. The van der Waals surface area contributed by atoms with Gasteiger partial charge >= 0.3 is 0 Å². The van der Waals surface area contributed by atoms with Gasteiger partial charge in [0.1, 0.15) is 5.75 Å². The fourth-order valence-corrected chi connectivity index (χ4v) is 3.21. The SMILES string of the molecule is COc1ccc(-n2ccc(C(=O)N3CCCC3CC(C)O)n2)cc1. The average Bonchev–Trinajstić information content (AvgIpc) is 3.23. The van der Waals surface area contributed by atoms with Crippen molar-refractivity contribution >= 4 is 5.91 Å². The number of amides is 1. The quantitative estimate of drug-likeness (QED) is 0.914. The van der Waals surface area contributed by atoms with Crippen LogP contribution in [0.1, 0.15) is 36.7 Å². The van der Waals surface area contributed by atoms with Gasteiger partial charge < -0.3 is 14.7 Å². The number of aromatic nitrogens is 2. The van der Waals surface area contributed by atoms with Crippen LogP contribution in [-0.2, 0) is 0 Å². The fraction of sp³-hybridized carbons (Fsp3) is 0.444. The molecular formula is C18H23N3O3. The standard InChI is InChI=1S/C18H23N3O3/c1-13(22)12-15-4-3-10-20(15)18(23)17-9-11-21(19-17)14-5-7-16(24-2)8-6-14/h5-9,11,13,15,22H,3-4,10,12H2,1-2H3. The number of ether oxygens (including phenoxy) is 1. The molecule has 1 aromatic carbocycles. The van der Waals surface area contributed by atoms with Gasteiger partial charge in [-0.05, 0) is 56.5 Å². The molecule has 128 valence electrons. The van der Waals surface area contributed by atoms with Crippen LogP contribution >= 0.6 is 0 Å². The minimum atomic E-state index is -0.403. The van der Waals surface area contributed by atoms with Gasteiger partial charge in [0.05, 0.1) is 18.9 Å². The summed E-state index contributed by atoms with van der Waals surface area (Å²) in [6, 6.07) is 9.35. The van der Waals surface area contributed by atoms with E-state index in [0.717, 1.165) is 30.8 Å². The molecule has 0 radical (unpaired) electrons. The van der Waals surface area contributed by atoms with Gasteiger partial charge in [0, 0.05) is 18.8 Å². The van der Waals surface area contributed by atoms with Gasteiger partial charge in [-0.1, -0.05) is 0 Å². The monoisotopic (exact) mass is 329 g/mol. The predicted molar refractivity (Wildman–Crippen MR) is 90.5 cm³/mol. The molecule has 2 heterocycles. The number of hydrogen-bond acceptors (Lipinski definition) is 4. The molecule has 2 aromatic rings. The molecule has 1 amide bonds. The van der Waals surface area contributed by atoms with Crippen LogP contribution in [0.3, 0.4) is 0 Å². The number of carbonyl (C=O) groups is 1. The van der Waals surface area contributed by atoms with Crippen molar-refractivity contribution in [3.05, 3.63) is 42.2 Å². The van der Waals surface area contributed by atoms with Crippen LogP contribution in [0.15, 0.2) is 36.5 Å². The summed E-state index contributed by atoms with van der Waals surface area (Å²) in [4.78, 5) is 14.6. The lowest BCUT2D eigenvalue weighted by molar-refractivity contribution is 0.0676. The van der Waals surface area contributed by atoms with E-state index in [1.54, 1.807) is 31.0 Å². The van der Waals surface area contributed by atoms with Gasteiger partial charge in [-0.15, -0.1) is 0 Å². The first-order chi connectivity index (χ1) is 11.6. The Morgan fingerprint density at radius 3 is 2.79 bits per heavy atom. The maximum Gasteiger partial charge on any atom is 0.274 e. The fourth-order valence-electron chi connectivity index (χ4n) is 3.21. The zero-order valence-corrected chi connectivity index (χ0v) is 14.1. The summed E-state index contributed by atoms with van der Waals surface area (Å²) < 4.78 is 6.84. The first-order valence-corrected chi connectivity index (χ1v) is 8.27. The van der Waals surface area contributed by atoms with Crippen molar-refractivity contribution in [3.63, 3.8) is 0 Å². The van der Waals surface area contributed by atoms with Crippen molar-refractivity contribution < 1.29 is 14.6 Å². The maximum absolute atomic E-state index is 12.7. The highest BCUT2D eigenvalue weighted by Crippen LogP contribution is 2.23. The second kappa shape index (κ2) is 7.05. The second-order valence-corrected chi connectivity index (χ2v) is 6.22. The molecule has 6 heteroatoms. The molecule has 24 heavy (non-hydrogen) atoms. The minimum Gasteiger partial charge on any atom is -0.497 e. The summed E-state index contributed by atoms with van der Waals surface area (Å²) in [5.74, 6) is 0.714. The normalized spacial score (nSPS) is 18.6. The molecule has 1 aliphatic rings. The van der Waals surface area contributed by atoms with Crippen molar-refractivity contribution in [2.45, 2.75) is 38.3 Å². The van der Waals surface area contributed by atoms with Gasteiger partial charge in [-0.2, -0.15) is 5.10 Å². The topological polar surface area (TPSA) is 67.6 Å². The summed E-state index contributed by atoms with van der Waals surface area (Å²) >= 11 is 0. The van der Waals surface area contributed by atoms with Gasteiger partial charge in [-0.25, -0.2) is 4.68 Å². The predicted octanol–water partition coefficient (Wildman–Crippen LogP) is 2.26. The molecule has 1 saturated heterocycles. The first-order valence-electron chi connectivity index (χ1n) is 8.27. The third-order valence-corrected chi connectivity index (χ3v) is 4.40. The first kappa shape index (κ1) is 16.5. The van der Waals surface area contributed by atoms with E-state index >= 15 is 0 Å². The lowest BCUT2D eigenvalue weighted by Crippen LogP contribution is -2.37. The highest BCUT2D eigenvalue weighted by molar-refractivity contribution is 5.92. The van der Waals surface area contributed by atoms with Crippen LogP contribution in [0.25, 0.3) is 5.69 Å². The highest BCUT2D eigenvalue weighted by Gasteiger charge is 2.31. The van der Waals surface area contributed by atoms with E-state index in [9.17, 15) is 9.90 Å². The number of nitrogens with zero attached hydrogens (tertiary/aromatic N) is 3. The molecular weight excluding hydrogens is 306 g/mol. The van der Waals surface area contributed by atoms with Crippen molar-refractivity contribution in [1.82, 2.24) is 14.7 Å². The van der Waals surface area contributed by atoms with Gasteiger partial charge in [0.25, 0.3) is 5.91 Å². The molecule has 0 saturated carbocycles. The molecule has 0 spiro atoms. The van der Waals surface area contributed by atoms with E-state index in [0.29, 0.717) is 12.1 Å². The molecule has 2 unspecified atom stereocenters. The van der Waals surface area contributed by atoms with Crippen LogP contribution < -0.4 is 4.74 Å². The van der Waals surface area contributed by atoms with Crippen molar-refractivity contribution in [2.24, 2.45) is 0 Å². The van der Waals surface area contributed by atoms with Crippen LogP contribution in [-0.4, -0.2) is 51.5 Å². The van der Waals surface area contributed by atoms with E-state index in [4.69, 9.17) is 4.74 Å². The zero-order valence-electron chi connectivity index (χ0n) is 14.1. The average molecular weight is 329 g/mol. The number of carbonyl (C=O) groups excluding carboxylic acids is 1. The Morgan fingerprint density at radius 1 is 1.38 bits per heavy atom. The summed E-state index contributed by atoms with van der Waals surface area (Å²) in [6.45, 7) is 2.49. The summed E-state index contributed by atoms with van der Waals surface area (Å²) in [5.41, 5.74) is 1.31. The van der Waals surface area contributed by atoms with Gasteiger partial charge in [-0.3, -0.25) is 4.79 Å². The molecule has 1 aromatic heterocycles. The Hall–Kier alpha value is -2.34. The van der Waals surface area contributed by atoms with E-state index in [1.165, 1.54) is 0 Å². The molecule has 0 bridgehead atoms.